The van der Waals surface area contributed by atoms with E-state index in [-0.39, 0.29) is 11.7 Å². The lowest BCUT2D eigenvalue weighted by Gasteiger charge is -2.08. The highest BCUT2D eigenvalue weighted by atomic mass is 19.1. The molecule has 33 heavy (non-hydrogen) atoms. The number of hydrogen-bond donors (Lipinski definition) is 1. The molecule has 0 aliphatic heterocycles. The smallest absolute Gasteiger partial charge is 0.271 e. The van der Waals surface area contributed by atoms with Crippen LogP contribution in [0.2, 0.25) is 0 Å². The molecule has 0 spiro atoms. The van der Waals surface area contributed by atoms with Gasteiger partial charge in [-0.2, -0.15) is 5.10 Å². The van der Waals surface area contributed by atoms with Crippen LogP contribution in [0.4, 0.5) is 4.39 Å². The zero-order chi connectivity index (χ0) is 22.8. The molecular formula is C28H22FN3O. The Morgan fingerprint density at radius 2 is 1.67 bits per heavy atom. The molecule has 1 aromatic heterocycles. The van der Waals surface area contributed by atoms with Crippen LogP contribution in [-0.4, -0.2) is 16.7 Å². The zero-order valence-corrected chi connectivity index (χ0v) is 18.1. The SMILES string of the molecule is Cc1c(/C=N\NC(=O)c2ccc3ccccc3c2)c2ccccc2n1Cc1ccc(F)cc1. The maximum Gasteiger partial charge on any atom is 0.271 e. The molecule has 0 saturated heterocycles. The van der Waals surface area contributed by atoms with Gasteiger partial charge in [0.2, 0.25) is 0 Å². The molecule has 0 radical (unpaired) electrons. The van der Waals surface area contributed by atoms with Crippen LogP contribution in [0, 0.1) is 12.7 Å². The van der Waals surface area contributed by atoms with Crippen molar-refractivity contribution >= 4 is 33.8 Å². The third kappa shape index (κ3) is 4.13. The third-order valence-corrected chi connectivity index (χ3v) is 5.91. The summed E-state index contributed by atoms with van der Waals surface area (Å²) in [7, 11) is 0. The number of rotatable bonds is 5. The third-order valence-electron chi connectivity index (χ3n) is 5.91. The Kier molecular flexibility index (Phi) is 5.45. The summed E-state index contributed by atoms with van der Waals surface area (Å²) in [6, 6.07) is 28.1. The Balaban J connectivity index is 1.41. The molecule has 0 aliphatic rings. The van der Waals surface area contributed by atoms with Gasteiger partial charge in [-0.25, -0.2) is 9.82 Å². The summed E-state index contributed by atoms with van der Waals surface area (Å²) in [5, 5.41) is 7.39. The quantitative estimate of drug-likeness (QED) is 0.265. The predicted molar refractivity (Wildman–Crippen MR) is 131 cm³/mol. The van der Waals surface area contributed by atoms with E-state index in [0.29, 0.717) is 12.1 Å². The largest absolute Gasteiger partial charge is 0.340 e. The van der Waals surface area contributed by atoms with E-state index < -0.39 is 0 Å². The zero-order valence-electron chi connectivity index (χ0n) is 18.1. The van der Waals surface area contributed by atoms with E-state index in [4.69, 9.17) is 0 Å². The molecule has 0 atom stereocenters. The number of amides is 1. The number of carbonyl (C=O) groups is 1. The van der Waals surface area contributed by atoms with E-state index in [9.17, 15) is 9.18 Å². The fourth-order valence-electron chi connectivity index (χ4n) is 4.15. The van der Waals surface area contributed by atoms with Gasteiger partial charge in [0.05, 0.1) is 6.21 Å². The van der Waals surface area contributed by atoms with Gasteiger partial charge in [0.15, 0.2) is 0 Å². The van der Waals surface area contributed by atoms with Gasteiger partial charge in [-0.1, -0.05) is 60.7 Å². The molecule has 0 aliphatic carbocycles. The van der Waals surface area contributed by atoms with E-state index in [2.05, 4.69) is 21.2 Å². The number of hydrazone groups is 1. The Morgan fingerprint density at radius 3 is 2.48 bits per heavy atom. The minimum atomic E-state index is -0.260. The fraction of sp³-hybridized carbons (Fsp3) is 0.0714. The summed E-state index contributed by atoms with van der Waals surface area (Å²) in [4.78, 5) is 12.6. The number of aromatic nitrogens is 1. The predicted octanol–water partition coefficient (Wildman–Crippen LogP) is 6.05. The highest BCUT2D eigenvalue weighted by Crippen LogP contribution is 2.25. The van der Waals surface area contributed by atoms with Crippen LogP contribution < -0.4 is 5.43 Å². The van der Waals surface area contributed by atoms with Crippen LogP contribution in [0.5, 0.6) is 0 Å². The number of fused-ring (bicyclic) bond motifs is 2. The normalized spacial score (nSPS) is 11.5. The van der Waals surface area contributed by atoms with Gasteiger partial charge in [0.25, 0.3) is 5.91 Å². The van der Waals surface area contributed by atoms with Crippen LogP contribution in [0.15, 0.2) is 96.1 Å². The molecule has 5 aromatic rings. The topological polar surface area (TPSA) is 46.4 Å². The van der Waals surface area contributed by atoms with Gasteiger partial charge in [-0.15, -0.1) is 0 Å². The van der Waals surface area contributed by atoms with Crippen LogP contribution in [0.1, 0.15) is 27.2 Å². The molecule has 1 heterocycles. The highest BCUT2D eigenvalue weighted by molar-refractivity contribution is 6.02. The molecule has 0 saturated carbocycles. The first-order valence-electron chi connectivity index (χ1n) is 10.7. The lowest BCUT2D eigenvalue weighted by molar-refractivity contribution is 0.0955. The van der Waals surface area contributed by atoms with Crippen molar-refractivity contribution in [3.63, 3.8) is 0 Å². The molecule has 0 unspecified atom stereocenters. The van der Waals surface area contributed by atoms with E-state index >= 15 is 0 Å². The van der Waals surface area contributed by atoms with Crippen molar-refractivity contribution in [3.8, 4) is 0 Å². The maximum absolute atomic E-state index is 13.3. The van der Waals surface area contributed by atoms with Crippen molar-refractivity contribution in [2.45, 2.75) is 13.5 Å². The van der Waals surface area contributed by atoms with E-state index in [1.165, 1.54) is 12.1 Å². The highest BCUT2D eigenvalue weighted by Gasteiger charge is 2.13. The summed E-state index contributed by atoms with van der Waals surface area (Å²) in [5.74, 6) is -0.507. The number of nitrogens with one attached hydrogen (secondary N) is 1. The van der Waals surface area contributed by atoms with Crippen LogP contribution in [-0.2, 0) is 6.54 Å². The molecular weight excluding hydrogens is 413 g/mol. The molecule has 5 rings (SSSR count). The second kappa shape index (κ2) is 8.71. The van der Waals surface area contributed by atoms with Gasteiger partial charge in [0, 0.05) is 34.3 Å². The van der Waals surface area contributed by atoms with Crippen molar-refractivity contribution in [2.24, 2.45) is 5.10 Å². The molecule has 1 N–H and O–H groups in total. The molecule has 4 nitrogen and oxygen atoms in total. The molecule has 4 aromatic carbocycles. The fourth-order valence-corrected chi connectivity index (χ4v) is 4.15. The Bertz CT molecular complexity index is 1500. The maximum atomic E-state index is 13.3. The number of para-hydroxylation sites is 1. The average Bonchev–Trinajstić information content (AvgIpc) is 3.11. The summed E-state index contributed by atoms with van der Waals surface area (Å²) in [5.41, 5.74) is 7.22. The Hall–Kier alpha value is -4.25. The number of hydrogen-bond acceptors (Lipinski definition) is 2. The van der Waals surface area contributed by atoms with Crippen molar-refractivity contribution < 1.29 is 9.18 Å². The first-order chi connectivity index (χ1) is 16.1. The summed E-state index contributed by atoms with van der Waals surface area (Å²) in [6.07, 6.45) is 1.69. The van der Waals surface area contributed by atoms with Crippen molar-refractivity contribution in [2.75, 3.05) is 0 Å². The lowest BCUT2D eigenvalue weighted by Crippen LogP contribution is -2.17. The minimum absolute atomic E-state index is 0.247. The summed E-state index contributed by atoms with van der Waals surface area (Å²) >= 11 is 0. The van der Waals surface area contributed by atoms with E-state index in [0.717, 1.165) is 38.5 Å². The van der Waals surface area contributed by atoms with E-state index in [1.54, 1.807) is 24.4 Å². The second-order valence-electron chi connectivity index (χ2n) is 7.99. The molecule has 0 fully saturated rings. The molecule has 0 bridgehead atoms. The standard InChI is InChI=1S/C28H22FN3O/c1-19-26(17-30-31-28(33)23-13-12-21-6-2-3-7-22(21)16-23)25-8-4-5-9-27(25)32(19)18-20-10-14-24(29)15-11-20/h2-17H,18H2,1H3,(H,31,33)/b30-17-. The number of carbonyl (C=O) groups excluding carboxylic acids is 1. The molecule has 162 valence electrons. The molecule has 5 heteroatoms. The van der Waals surface area contributed by atoms with Crippen molar-refractivity contribution in [1.82, 2.24) is 9.99 Å². The van der Waals surface area contributed by atoms with Gasteiger partial charge >= 0.3 is 0 Å². The van der Waals surface area contributed by atoms with Gasteiger partial charge in [-0.05, 0) is 53.6 Å². The van der Waals surface area contributed by atoms with Gasteiger partial charge in [-0.3, -0.25) is 4.79 Å². The number of benzene rings is 4. The van der Waals surface area contributed by atoms with Crippen molar-refractivity contribution in [1.29, 1.82) is 0 Å². The second-order valence-corrected chi connectivity index (χ2v) is 7.99. The number of nitrogens with zero attached hydrogens (tertiary/aromatic N) is 2. The molecule has 1 amide bonds. The minimum Gasteiger partial charge on any atom is -0.340 e. The summed E-state index contributed by atoms with van der Waals surface area (Å²) in [6.45, 7) is 2.64. The Morgan fingerprint density at radius 1 is 0.939 bits per heavy atom. The van der Waals surface area contributed by atoms with Gasteiger partial charge < -0.3 is 4.57 Å². The lowest BCUT2D eigenvalue weighted by atomic mass is 10.1. The Labute approximate surface area is 191 Å². The van der Waals surface area contributed by atoms with Crippen LogP contribution in [0.25, 0.3) is 21.7 Å². The number of halogens is 1. The van der Waals surface area contributed by atoms with Gasteiger partial charge in [0.1, 0.15) is 5.82 Å². The monoisotopic (exact) mass is 435 g/mol. The van der Waals surface area contributed by atoms with Crippen molar-refractivity contribution in [3.05, 3.63) is 119 Å². The first kappa shape index (κ1) is 20.6. The van der Waals surface area contributed by atoms with E-state index in [1.807, 2.05) is 61.5 Å². The van der Waals surface area contributed by atoms with Crippen LogP contribution >= 0.6 is 0 Å². The first-order valence-corrected chi connectivity index (χ1v) is 10.7. The van der Waals surface area contributed by atoms with Crippen LogP contribution in [0.3, 0.4) is 0 Å². The average molecular weight is 436 g/mol. The summed E-state index contributed by atoms with van der Waals surface area (Å²) < 4.78 is 15.5.